The molecule has 0 saturated carbocycles. The van der Waals surface area contributed by atoms with Crippen molar-refractivity contribution in [3.63, 3.8) is 0 Å². The van der Waals surface area contributed by atoms with Gasteiger partial charge >= 0.3 is 0 Å². The van der Waals surface area contributed by atoms with E-state index in [0.717, 1.165) is 6.42 Å². The van der Waals surface area contributed by atoms with Crippen LogP contribution in [-0.4, -0.2) is 30.3 Å². The number of hydrogen-bond acceptors (Lipinski definition) is 2. The van der Waals surface area contributed by atoms with E-state index in [0.29, 0.717) is 0 Å². The summed E-state index contributed by atoms with van der Waals surface area (Å²) in [6, 6.07) is 14.6. The van der Waals surface area contributed by atoms with Crippen molar-refractivity contribution >= 4 is 16.6 Å². The average Bonchev–Trinajstić information content (AvgIpc) is 2.38. The second kappa shape index (κ2) is 5.14. The molecular weight excluding hydrogens is 234 g/mol. The summed E-state index contributed by atoms with van der Waals surface area (Å²) >= 11 is 0. The Hall–Kier alpha value is -1.67. The van der Waals surface area contributed by atoms with Crippen LogP contribution in [0.3, 0.4) is 0 Å². The lowest BCUT2D eigenvalue weighted by atomic mass is 9.86. The van der Waals surface area contributed by atoms with Crippen LogP contribution in [0.1, 0.15) is 19.4 Å². The van der Waals surface area contributed by atoms with Crippen LogP contribution >= 0.6 is 0 Å². The van der Waals surface area contributed by atoms with Crippen molar-refractivity contribution < 1.29 is 4.79 Å². The van der Waals surface area contributed by atoms with Crippen molar-refractivity contribution in [2.75, 3.05) is 14.1 Å². The molecule has 1 unspecified atom stereocenters. The number of Topliss-reactive ketones (excluding diaryl/α,β-unsaturated/α-hetero) is 1. The van der Waals surface area contributed by atoms with Crippen molar-refractivity contribution in [1.82, 2.24) is 4.90 Å². The molecule has 0 spiro atoms. The first-order valence-corrected chi connectivity index (χ1v) is 6.60. The van der Waals surface area contributed by atoms with E-state index < -0.39 is 5.54 Å². The molecule has 0 heterocycles. The summed E-state index contributed by atoms with van der Waals surface area (Å²) in [6.07, 6.45) is 0.733. The van der Waals surface area contributed by atoms with Gasteiger partial charge in [0.25, 0.3) is 0 Å². The molecule has 0 aliphatic carbocycles. The SMILES string of the molecule is CC(=O)C(C)(Cc1cccc2ccccc12)N(C)C. The summed E-state index contributed by atoms with van der Waals surface area (Å²) in [4.78, 5) is 14.0. The van der Waals surface area contributed by atoms with Crippen LogP contribution in [0.4, 0.5) is 0 Å². The van der Waals surface area contributed by atoms with Gasteiger partial charge in [-0.2, -0.15) is 0 Å². The highest BCUT2D eigenvalue weighted by molar-refractivity contribution is 5.89. The van der Waals surface area contributed by atoms with E-state index in [9.17, 15) is 4.79 Å². The van der Waals surface area contributed by atoms with E-state index in [1.54, 1.807) is 6.92 Å². The van der Waals surface area contributed by atoms with Gasteiger partial charge in [-0.1, -0.05) is 42.5 Å². The number of likely N-dealkylation sites (N-methyl/N-ethyl adjacent to an activating group) is 1. The second-order valence-corrected chi connectivity index (χ2v) is 5.54. The average molecular weight is 255 g/mol. The Labute approximate surface area is 115 Å². The van der Waals surface area contributed by atoms with E-state index in [2.05, 4.69) is 30.3 Å². The lowest BCUT2D eigenvalue weighted by molar-refractivity contribution is -0.126. The molecule has 2 nitrogen and oxygen atoms in total. The largest absolute Gasteiger partial charge is 0.298 e. The molecule has 2 heteroatoms. The van der Waals surface area contributed by atoms with E-state index in [1.165, 1.54) is 16.3 Å². The molecule has 0 aliphatic rings. The van der Waals surface area contributed by atoms with Crippen molar-refractivity contribution in [3.8, 4) is 0 Å². The van der Waals surface area contributed by atoms with Gasteiger partial charge in [-0.3, -0.25) is 9.69 Å². The van der Waals surface area contributed by atoms with Crippen LogP contribution in [0.15, 0.2) is 42.5 Å². The summed E-state index contributed by atoms with van der Waals surface area (Å²) in [7, 11) is 3.93. The summed E-state index contributed by atoms with van der Waals surface area (Å²) < 4.78 is 0. The zero-order valence-corrected chi connectivity index (χ0v) is 12.1. The van der Waals surface area contributed by atoms with Crippen LogP contribution < -0.4 is 0 Å². The topological polar surface area (TPSA) is 20.3 Å². The molecule has 0 aromatic heterocycles. The number of benzene rings is 2. The predicted octanol–water partition coefficient (Wildman–Crippen LogP) is 3.29. The van der Waals surface area contributed by atoms with Crippen molar-refractivity contribution in [3.05, 3.63) is 48.0 Å². The maximum Gasteiger partial charge on any atom is 0.150 e. The van der Waals surface area contributed by atoms with Gasteiger partial charge in [-0.15, -0.1) is 0 Å². The predicted molar refractivity (Wildman–Crippen MR) is 80.4 cm³/mol. The maximum absolute atomic E-state index is 12.0. The summed E-state index contributed by atoms with van der Waals surface area (Å²) in [5.74, 6) is 0.199. The van der Waals surface area contributed by atoms with Crippen LogP contribution in [0.5, 0.6) is 0 Å². The Morgan fingerprint density at radius 3 is 2.37 bits per heavy atom. The fraction of sp³-hybridized carbons (Fsp3) is 0.353. The third-order valence-corrected chi connectivity index (χ3v) is 4.16. The number of fused-ring (bicyclic) bond motifs is 1. The lowest BCUT2D eigenvalue weighted by Crippen LogP contribution is -2.49. The number of nitrogens with zero attached hydrogens (tertiary/aromatic N) is 1. The Morgan fingerprint density at radius 2 is 1.74 bits per heavy atom. The summed E-state index contributed by atoms with van der Waals surface area (Å²) in [6.45, 7) is 3.68. The number of carbonyl (C=O) groups excluding carboxylic acids is 1. The molecule has 2 aromatic carbocycles. The number of ketones is 1. The molecule has 0 radical (unpaired) electrons. The van der Waals surface area contributed by atoms with Crippen LogP contribution in [0, 0.1) is 0 Å². The lowest BCUT2D eigenvalue weighted by Gasteiger charge is -2.34. The van der Waals surface area contributed by atoms with Gasteiger partial charge in [0, 0.05) is 0 Å². The van der Waals surface area contributed by atoms with E-state index in [4.69, 9.17) is 0 Å². The molecule has 0 saturated heterocycles. The molecular formula is C17H21NO. The molecule has 100 valence electrons. The first-order chi connectivity index (χ1) is 8.95. The first-order valence-electron chi connectivity index (χ1n) is 6.60. The first kappa shape index (κ1) is 13.8. The fourth-order valence-electron chi connectivity index (χ4n) is 2.41. The molecule has 0 aliphatic heterocycles. The van der Waals surface area contributed by atoms with Gasteiger partial charge in [-0.05, 0) is 50.7 Å². The van der Waals surface area contributed by atoms with Gasteiger partial charge in [0.2, 0.25) is 0 Å². The molecule has 0 fully saturated rings. The maximum atomic E-state index is 12.0. The Morgan fingerprint density at radius 1 is 1.11 bits per heavy atom. The van der Waals surface area contributed by atoms with Gasteiger partial charge in [0.15, 0.2) is 0 Å². The van der Waals surface area contributed by atoms with Crippen LogP contribution in [-0.2, 0) is 11.2 Å². The van der Waals surface area contributed by atoms with Crippen molar-refractivity contribution in [2.45, 2.75) is 25.8 Å². The standard InChI is InChI=1S/C17H21NO/c1-13(19)17(2,18(3)4)12-15-10-7-9-14-8-5-6-11-16(14)15/h5-11H,12H2,1-4H3. The van der Waals surface area contributed by atoms with E-state index >= 15 is 0 Å². The summed E-state index contributed by atoms with van der Waals surface area (Å²) in [5, 5.41) is 2.46. The molecule has 2 aromatic rings. The number of carbonyl (C=O) groups is 1. The zero-order valence-electron chi connectivity index (χ0n) is 12.1. The number of rotatable bonds is 4. The monoisotopic (exact) mass is 255 g/mol. The minimum absolute atomic E-state index is 0.199. The molecule has 2 rings (SSSR count). The van der Waals surface area contributed by atoms with Crippen LogP contribution in [0.25, 0.3) is 10.8 Å². The minimum atomic E-state index is -0.454. The number of hydrogen-bond donors (Lipinski definition) is 0. The normalized spacial score (nSPS) is 14.6. The third-order valence-electron chi connectivity index (χ3n) is 4.16. The highest BCUT2D eigenvalue weighted by Crippen LogP contribution is 2.25. The smallest absolute Gasteiger partial charge is 0.150 e. The van der Waals surface area contributed by atoms with Gasteiger partial charge in [0.1, 0.15) is 5.78 Å². The van der Waals surface area contributed by atoms with E-state index in [1.807, 2.05) is 38.1 Å². The molecule has 0 N–H and O–H groups in total. The Bertz CT molecular complexity index is 598. The Kier molecular flexibility index (Phi) is 3.72. The van der Waals surface area contributed by atoms with Gasteiger partial charge in [-0.25, -0.2) is 0 Å². The summed E-state index contributed by atoms with van der Waals surface area (Å²) in [5.41, 5.74) is 0.772. The molecule has 0 bridgehead atoms. The molecule has 0 amide bonds. The van der Waals surface area contributed by atoms with Crippen LogP contribution in [0.2, 0.25) is 0 Å². The van der Waals surface area contributed by atoms with Crippen molar-refractivity contribution in [2.24, 2.45) is 0 Å². The molecule has 19 heavy (non-hydrogen) atoms. The quantitative estimate of drug-likeness (QED) is 0.835. The van der Waals surface area contributed by atoms with E-state index in [-0.39, 0.29) is 5.78 Å². The fourth-order valence-corrected chi connectivity index (χ4v) is 2.41. The zero-order chi connectivity index (χ0) is 14.0. The highest BCUT2D eigenvalue weighted by atomic mass is 16.1. The third kappa shape index (κ3) is 2.54. The minimum Gasteiger partial charge on any atom is -0.298 e. The Balaban J connectivity index is 2.48. The van der Waals surface area contributed by atoms with Gasteiger partial charge in [0.05, 0.1) is 5.54 Å². The van der Waals surface area contributed by atoms with Gasteiger partial charge < -0.3 is 0 Å². The highest BCUT2D eigenvalue weighted by Gasteiger charge is 2.32. The molecule has 1 atom stereocenters. The van der Waals surface area contributed by atoms with Crippen molar-refractivity contribution in [1.29, 1.82) is 0 Å². The second-order valence-electron chi connectivity index (χ2n) is 5.54.